The van der Waals surface area contributed by atoms with E-state index >= 15 is 0 Å². The van der Waals surface area contributed by atoms with Crippen LogP contribution in [0, 0.1) is 0 Å². The summed E-state index contributed by atoms with van der Waals surface area (Å²) in [7, 11) is 2.54. The third-order valence-electron chi connectivity index (χ3n) is 1.85. The maximum absolute atomic E-state index is 11.0. The lowest BCUT2D eigenvalue weighted by molar-refractivity contribution is -0.287. The van der Waals surface area contributed by atoms with E-state index in [1.807, 2.05) is 0 Å². The SMILES string of the molecule is COC(=O)/C=C\[C@@H]1C[C@@H](C(=O)OC)OO1. The second-order valence-electron chi connectivity index (χ2n) is 2.86. The number of carbonyl (C=O) groups excluding carboxylic acids is 2. The first-order valence-electron chi connectivity index (χ1n) is 4.33. The molecule has 1 fully saturated rings. The van der Waals surface area contributed by atoms with E-state index in [9.17, 15) is 9.59 Å². The Morgan fingerprint density at radius 1 is 1.27 bits per heavy atom. The zero-order chi connectivity index (χ0) is 11.3. The molecule has 0 aliphatic carbocycles. The van der Waals surface area contributed by atoms with Crippen LogP contribution in [0.5, 0.6) is 0 Å². The number of rotatable bonds is 3. The van der Waals surface area contributed by atoms with Gasteiger partial charge < -0.3 is 9.47 Å². The Balaban J connectivity index is 2.40. The second-order valence-corrected chi connectivity index (χ2v) is 2.86. The van der Waals surface area contributed by atoms with Crippen molar-refractivity contribution >= 4 is 11.9 Å². The largest absolute Gasteiger partial charge is 0.467 e. The minimum Gasteiger partial charge on any atom is -0.467 e. The zero-order valence-electron chi connectivity index (χ0n) is 8.47. The number of hydrogen-bond donors (Lipinski definition) is 0. The van der Waals surface area contributed by atoms with Crippen molar-refractivity contribution in [3.8, 4) is 0 Å². The highest BCUT2D eigenvalue weighted by Crippen LogP contribution is 2.18. The first kappa shape index (κ1) is 11.7. The van der Waals surface area contributed by atoms with Gasteiger partial charge in [-0.3, -0.25) is 0 Å². The van der Waals surface area contributed by atoms with Gasteiger partial charge >= 0.3 is 11.9 Å². The van der Waals surface area contributed by atoms with E-state index in [1.54, 1.807) is 0 Å². The molecule has 0 radical (unpaired) electrons. The smallest absolute Gasteiger partial charge is 0.338 e. The Morgan fingerprint density at radius 3 is 2.60 bits per heavy atom. The van der Waals surface area contributed by atoms with Crippen molar-refractivity contribution in [2.24, 2.45) is 0 Å². The van der Waals surface area contributed by atoms with Crippen LogP contribution in [0.2, 0.25) is 0 Å². The van der Waals surface area contributed by atoms with Gasteiger partial charge in [0.25, 0.3) is 0 Å². The molecule has 0 bridgehead atoms. The molecule has 0 aromatic rings. The molecule has 84 valence electrons. The minimum absolute atomic E-state index is 0.320. The molecule has 6 nitrogen and oxygen atoms in total. The van der Waals surface area contributed by atoms with E-state index in [0.717, 1.165) is 0 Å². The molecule has 0 N–H and O–H groups in total. The van der Waals surface area contributed by atoms with Gasteiger partial charge in [-0.2, -0.15) is 0 Å². The average molecular weight is 216 g/mol. The summed E-state index contributed by atoms with van der Waals surface area (Å²) in [6.45, 7) is 0. The number of methoxy groups -OCH3 is 2. The third-order valence-corrected chi connectivity index (χ3v) is 1.85. The molecule has 1 saturated heterocycles. The fourth-order valence-corrected chi connectivity index (χ4v) is 1.06. The molecule has 15 heavy (non-hydrogen) atoms. The lowest BCUT2D eigenvalue weighted by atomic mass is 10.1. The average Bonchev–Trinajstić information content (AvgIpc) is 2.73. The normalized spacial score (nSPS) is 25.5. The number of hydrogen-bond acceptors (Lipinski definition) is 6. The summed E-state index contributed by atoms with van der Waals surface area (Å²) in [4.78, 5) is 31.2. The fourth-order valence-electron chi connectivity index (χ4n) is 1.06. The van der Waals surface area contributed by atoms with E-state index in [2.05, 4.69) is 9.47 Å². The Labute approximate surface area is 86.7 Å². The maximum Gasteiger partial charge on any atom is 0.338 e. The van der Waals surface area contributed by atoms with Crippen LogP contribution < -0.4 is 0 Å². The van der Waals surface area contributed by atoms with Crippen molar-refractivity contribution in [3.63, 3.8) is 0 Å². The van der Waals surface area contributed by atoms with Gasteiger partial charge in [-0.05, 0) is 6.08 Å². The quantitative estimate of drug-likeness (QED) is 0.375. The van der Waals surface area contributed by atoms with Gasteiger partial charge in [0.2, 0.25) is 0 Å². The van der Waals surface area contributed by atoms with E-state index in [0.29, 0.717) is 6.42 Å². The molecule has 0 saturated carbocycles. The van der Waals surface area contributed by atoms with Gasteiger partial charge in [-0.15, -0.1) is 0 Å². The fraction of sp³-hybridized carbons (Fsp3) is 0.556. The van der Waals surface area contributed by atoms with Crippen LogP contribution in [-0.2, 0) is 28.8 Å². The third kappa shape index (κ3) is 3.34. The molecule has 0 spiro atoms. The summed E-state index contributed by atoms with van der Waals surface area (Å²) in [5, 5.41) is 0. The number of ether oxygens (including phenoxy) is 2. The van der Waals surface area contributed by atoms with Crippen LogP contribution >= 0.6 is 0 Å². The molecule has 6 heteroatoms. The lowest BCUT2D eigenvalue weighted by Gasteiger charge is -2.01. The van der Waals surface area contributed by atoms with E-state index in [4.69, 9.17) is 9.78 Å². The molecule has 1 rings (SSSR count). The van der Waals surface area contributed by atoms with Crippen molar-refractivity contribution < 1.29 is 28.8 Å². The van der Waals surface area contributed by atoms with Crippen LogP contribution in [0.25, 0.3) is 0 Å². The molecule has 0 unspecified atom stereocenters. The van der Waals surface area contributed by atoms with Crippen LogP contribution in [0.3, 0.4) is 0 Å². The molecule has 1 aliphatic heterocycles. The Bertz CT molecular complexity index is 272. The first-order chi connectivity index (χ1) is 7.17. The molecule has 0 aromatic carbocycles. The maximum atomic E-state index is 11.0. The highest BCUT2D eigenvalue weighted by molar-refractivity contribution is 5.81. The first-order valence-corrected chi connectivity index (χ1v) is 4.33. The van der Waals surface area contributed by atoms with Gasteiger partial charge in [0.1, 0.15) is 6.10 Å². The highest BCUT2D eigenvalue weighted by atomic mass is 17.2. The topological polar surface area (TPSA) is 71.1 Å². The standard InChI is InChI=1S/C9H12O6/c1-12-8(10)4-3-6-5-7(15-14-6)9(11)13-2/h3-4,6-7H,5H2,1-2H3/b4-3-/t6-,7+/m1/s1. The van der Waals surface area contributed by atoms with Crippen LogP contribution in [0.4, 0.5) is 0 Å². The van der Waals surface area contributed by atoms with Crippen molar-refractivity contribution in [2.75, 3.05) is 14.2 Å². The second kappa shape index (κ2) is 5.47. The molecule has 1 aliphatic rings. The van der Waals surface area contributed by atoms with Gasteiger partial charge in [0.15, 0.2) is 6.10 Å². The van der Waals surface area contributed by atoms with Crippen molar-refractivity contribution in [2.45, 2.75) is 18.6 Å². The summed E-state index contributed by atoms with van der Waals surface area (Å²) in [5.74, 6) is -0.982. The zero-order valence-corrected chi connectivity index (χ0v) is 8.47. The molecular formula is C9H12O6. The monoisotopic (exact) mass is 216 g/mol. The molecule has 1 heterocycles. The van der Waals surface area contributed by atoms with Gasteiger partial charge in [0.05, 0.1) is 14.2 Å². The summed E-state index contributed by atoms with van der Waals surface area (Å²) in [5.41, 5.74) is 0. The van der Waals surface area contributed by atoms with E-state index < -0.39 is 24.1 Å². The highest BCUT2D eigenvalue weighted by Gasteiger charge is 2.32. The summed E-state index contributed by atoms with van der Waals surface area (Å²) >= 11 is 0. The van der Waals surface area contributed by atoms with Gasteiger partial charge in [-0.25, -0.2) is 19.4 Å². The number of esters is 2. The summed E-state index contributed by atoms with van der Waals surface area (Å²) in [6, 6.07) is 0. The minimum atomic E-state index is -0.734. The Morgan fingerprint density at radius 2 is 2.00 bits per heavy atom. The Hall–Kier alpha value is -1.40. The lowest BCUT2D eigenvalue weighted by Crippen LogP contribution is -2.20. The van der Waals surface area contributed by atoms with Crippen LogP contribution in [0.1, 0.15) is 6.42 Å². The number of carbonyl (C=O) groups is 2. The van der Waals surface area contributed by atoms with E-state index in [1.165, 1.54) is 26.4 Å². The van der Waals surface area contributed by atoms with Crippen molar-refractivity contribution in [3.05, 3.63) is 12.2 Å². The van der Waals surface area contributed by atoms with E-state index in [-0.39, 0.29) is 0 Å². The van der Waals surface area contributed by atoms with Crippen molar-refractivity contribution in [1.82, 2.24) is 0 Å². The predicted molar refractivity (Wildman–Crippen MR) is 47.5 cm³/mol. The molecular weight excluding hydrogens is 204 g/mol. The molecule has 0 aromatic heterocycles. The van der Waals surface area contributed by atoms with Crippen LogP contribution in [-0.4, -0.2) is 38.4 Å². The summed E-state index contributed by atoms with van der Waals surface area (Å²) < 4.78 is 8.86. The van der Waals surface area contributed by atoms with Gasteiger partial charge in [0, 0.05) is 12.5 Å². The van der Waals surface area contributed by atoms with Gasteiger partial charge in [-0.1, -0.05) is 0 Å². The predicted octanol–water partition coefficient (Wildman–Crippen LogP) is -0.0223. The molecule has 0 amide bonds. The molecule has 2 atom stereocenters. The Kier molecular flexibility index (Phi) is 4.26. The summed E-state index contributed by atoms with van der Waals surface area (Å²) in [6.07, 6.45) is 1.83. The van der Waals surface area contributed by atoms with Crippen LogP contribution in [0.15, 0.2) is 12.2 Å². The van der Waals surface area contributed by atoms with Crippen molar-refractivity contribution in [1.29, 1.82) is 0 Å².